The van der Waals surface area contributed by atoms with E-state index in [1.54, 1.807) is 30.7 Å². The zero-order valence-electron chi connectivity index (χ0n) is 13.4. The Bertz CT molecular complexity index is 928. The Morgan fingerprint density at radius 3 is 2.92 bits per heavy atom. The van der Waals surface area contributed by atoms with Crippen molar-refractivity contribution in [3.63, 3.8) is 0 Å². The van der Waals surface area contributed by atoms with Crippen molar-refractivity contribution in [3.8, 4) is 17.3 Å². The summed E-state index contributed by atoms with van der Waals surface area (Å²) in [5, 5.41) is 20.8. The number of nitriles is 1. The molecule has 124 valence electrons. The number of aryl methyl sites for hydroxylation is 1. The molecule has 0 aliphatic rings. The van der Waals surface area contributed by atoms with Crippen LogP contribution in [0.1, 0.15) is 15.9 Å². The lowest BCUT2D eigenvalue weighted by atomic mass is 10.0. The van der Waals surface area contributed by atoms with Crippen LogP contribution in [-0.2, 0) is 0 Å². The molecule has 8 nitrogen and oxygen atoms in total. The number of amides is 1. The molecule has 1 amide bonds. The highest BCUT2D eigenvalue weighted by Gasteiger charge is 2.15. The smallest absolute Gasteiger partial charge is 0.252 e. The van der Waals surface area contributed by atoms with E-state index in [1.165, 1.54) is 0 Å². The van der Waals surface area contributed by atoms with E-state index in [0.717, 1.165) is 11.3 Å². The lowest BCUT2D eigenvalue weighted by Gasteiger charge is -2.12. The summed E-state index contributed by atoms with van der Waals surface area (Å²) >= 11 is 0. The minimum Gasteiger partial charge on any atom is -0.339 e. The zero-order chi connectivity index (χ0) is 17.6. The fourth-order valence-electron chi connectivity index (χ4n) is 2.33. The molecule has 0 spiro atoms. The Labute approximate surface area is 143 Å². The molecule has 0 fully saturated rings. The van der Waals surface area contributed by atoms with Crippen LogP contribution in [0.2, 0.25) is 0 Å². The van der Waals surface area contributed by atoms with Crippen LogP contribution in [0, 0.1) is 18.3 Å². The molecule has 3 rings (SSSR count). The van der Waals surface area contributed by atoms with Gasteiger partial charge in [-0.1, -0.05) is 18.2 Å². The van der Waals surface area contributed by atoms with E-state index in [1.807, 2.05) is 25.1 Å². The Kier molecular flexibility index (Phi) is 4.67. The molecule has 2 aromatic heterocycles. The van der Waals surface area contributed by atoms with Crippen molar-refractivity contribution in [1.29, 1.82) is 5.26 Å². The number of nitrogens with one attached hydrogen (secondary N) is 3. The van der Waals surface area contributed by atoms with Crippen molar-refractivity contribution in [1.82, 2.24) is 25.5 Å². The summed E-state index contributed by atoms with van der Waals surface area (Å²) in [5.41, 5.74) is 3.33. The number of anilines is 2. The molecule has 0 aliphatic carbocycles. The van der Waals surface area contributed by atoms with Gasteiger partial charge in [0.2, 0.25) is 5.95 Å². The fourth-order valence-corrected chi connectivity index (χ4v) is 2.33. The average Bonchev–Trinajstić information content (AvgIpc) is 3.14. The van der Waals surface area contributed by atoms with E-state index in [2.05, 4.69) is 30.8 Å². The topological polar surface area (TPSA) is 119 Å². The van der Waals surface area contributed by atoms with E-state index >= 15 is 0 Å². The second kappa shape index (κ2) is 7.23. The molecule has 8 heteroatoms. The minimum atomic E-state index is -0.320. The summed E-state index contributed by atoms with van der Waals surface area (Å²) < 4.78 is 0. The molecule has 1 aromatic carbocycles. The standard InChI is InChI=1S/C17H15N7O/c1-11-8-20-17(23-12-9-21-22-10-12)24-15(11)13-4-2-3-5-14(13)16(25)19-7-6-18/h2-5,8-10H,7H2,1H3,(H,19,25)(H,21,22)(H,20,23,24). The molecule has 0 aliphatic heterocycles. The molecule has 0 saturated heterocycles. The van der Waals surface area contributed by atoms with Crippen molar-refractivity contribution in [2.24, 2.45) is 0 Å². The van der Waals surface area contributed by atoms with Gasteiger partial charge in [-0.25, -0.2) is 9.97 Å². The average molecular weight is 333 g/mol. The largest absolute Gasteiger partial charge is 0.339 e. The number of hydrogen-bond acceptors (Lipinski definition) is 6. The number of H-pyrrole nitrogens is 1. The molecule has 0 radical (unpaired) electrons. The number of aromatic amines is 1. The number of rotatable bonds is 5. The van der Waals surface area contributed by atoms with Crippen LogP contribution in [0.5, 0.6) is 0 Å². The molecule has 25 heavy (non-hydrogen) atoms. The van der Waals surface area contributed by atoms with Gasteiger partial charge in [-0.15, -0.1) is 0 Å². The Morgan fingerprint density at radius 2 is 2.16 bits per heavy atom. The van der Waals surface area contributed by atoms with Crippen LogP contribution in [-0.4, -0.2) is 32.6 Å². The van der Waals surface area contributed by atoms with Gasteiger partial charge in [-0.05, 0) is 18.6 Å². The minimum absolute atomic E-state index is 0.0524. The summed E-state index contributed by atoms with van der Waals surface area (Å²) in [6.45, 7) is 1.82. The maximum atomic E-state index is 12.3. The maximum Gasteiger partial charge on any atom is 0.252 e. The van der Waals surface area contributed by atoms with E-state index in [9.17, 15) is 4.79 Å². The highest BCUT2D eigenvalue weighted by atomic mass is 16.1. The van der Waals surface area contributed by atoms with Crippen molar-refractivity contribution in [2.75, 3.05) is 11.9 Å². The summed E-state index contributed by atoms with van der Waals surface area (Å²) in [6, 6.07) is 9.02. The van der Waals surface area contributed by atoms with Gasteiger partial charge in [0.1, 0.15) is 6.54 Å². The van der Waals surface area contributed by atoms with Crippen molar-refractivity contribution >= 4 is 17.5 Å². The van der Waals surface area contributed by atoms with Gasteiger partial charge in [0, 0.05) is 23.5 Å². The Balaban J connectivity index is 1.99. The van der Waals surface area contributed by atoms with E-state index in [4.69, 9.17) is 5.26 Å². The number of carbonyl (C=O) groups excluding carboxylic acids is 1. The highest BCUT2D eigenvalue weighted by molar-refractivity contribution is 6.00. The van der Waals surface area contributed by atoms with Gasteiger partial charge in [0.15, 0.2) is 0 Å². The van der Waals surface area contributed by atoms with Gasteiger partial charge in [-0.3, -0.25) is 9.89 Å². The zero-order valence-corrected chi connectivity index (χ0v) is 13.4. The van der Waals surface area contributed by atoms with E-state index < -0.39 is 0 Å². The lowest BCUT2D eigenvalue weighted by molar-refractivity contribution is 0.0959. The number of benzene rings is 1. The number of hydrogen-bond donors (Lipinski definition) is 3. The molecule has 0 atom stereocenters. The summed E-state index contributed by atoms with van der Waals surface area (Å²) in [4.78, 5) is 21.1. The third-order valence-corrected chi connectivity index (χ3v) is 3.48. The molecule has 3 N–H and O–H groups in total. The second-order valence-electron chi connectivity index (χ2n) is 5.22. The summed E-state index contributed by atoms with van der Waals surface area (Å²) in [6.07, 6.45) is 4.99. The van der Waals surface area contributed by atoms with Gasteiger partial charge in [0.25, 0.3) is 5.91 Å². The Hall–Kier alpha value is -3.73. The van der Waals surface area contributed by atoms with Crippen LogP contribution in [0.3, 0.4) is 0 Å². The van der Waals surface area contributed by atoms with Gasteiger partial charge in [-0.2, -0.15) is 10.4 Å². The molecule has 0 saturated carbocycles. The summed E-state index contributed by atoms with van der Waals surface area (Å²) in [5.74, 6) is 0.0775. The maximum absolute atomic E-state index is 12.3. The SMILES string of the molecule is Cc1cnc(Nc2cn[nH]c2)nc1-c1ccccc1C(=O)NCC#N. The second-order valence-corrected chi connectivity index (χ2v) is 5.22. The Morgan fingerprint density at radius 1 is 1.32 bits per heavy atom. The predicted molar refractivity (Wildman–Crippen MR) is 92.0 cm³/mol. The van der Waals surface area contributed by atoms with Crippen LogP contribution in [0.25, 0.3) is 11.3 Å². The van der Waals surface area contributed by atoms with Crippen LogP contribution in [0.4, 0.5) is 11.6 Å². The van der Waals surface area contributed by atoms with Crippen LogP contribution in [0.15, 0.2) is 42.9 Å². The van der Waals surface area contributed by atoms with Crippen molar-refractivity contribution in [3.05, 3.63) is 54.0 Å². The van der Waals surface area contributed by atoms with E-state index in [-0.39, 0.29) is 12.5 Å². The van der Waals surface area contributed by atoms with Gasteiger partial charge >= 0.3 is 0 Å². The van der Waals surface area contributed by atoms with Crippen molar-refractivity contribution < 1.29 is 4.79 Å². The third-order valence-electron chi connectivity index (χ3n) is 3.48. The molecule has 2 heterocycles. The van der Waals surface area contributed by atoms with Crippen LogP contribution >= 0.6 is 0 Å². The first-order chi connectivity index (χ1) is 12.2. The van der Waals surface area contributed by atoms with Crippen LogP contribution < -0.4 is 10.6 Å². The fraction of sp³-hybridized carbons (Fsp3) is 0.118. The molecule has 0 unspecified atom stereocenters. The third kappa shape index (κ3) is 3.61. The van der Waals surface area contributed by atoms with Gasteiger partial charge in [0.05, 0.1) is 23.6 Å². The number of carbonyl (C=O) groups is 1. The molecular weight excluding hydrogens is 318 g/mol. The number of nitrogens with zero attached hydrogens (tertiary/aromatic N) is 4. The molecule has 0 bridgehead atoms. The quantitative estimate of drug-likeness (QED) is 0.616. The summed E-state index contributed by atoms with van der Waals surface area (Å²) in [7, 11) is 0. The first-order valence-corrected chi connectivity index (χ1v) is 7.53. The lowest BCUT2D eigenvalue weighted by Crippen LogP contribution is -2.24. The molecular formula is C17H15N7O. The van der Waals surface area contributed by atoms with Crippen molar-refractivity contribution in [2.45, 2.75) is 6.92 Å². The first-order valence-electron chi connectivity index (χ1n) is 7.53. The highest BCUT2D eigenvalue weighted by Crippen LogP contribution is 2.26. The van der Waals surface area contributed by atoms with E-state index in [0.29, 0.717) is 22.8 Å². The normalized spacial score (nSPS) is 10.1. The predicted octanol–water partition coefficient (Wildman–Crippen LogP) is 2.17. The van der Waals surface area contributed by atoms with Gasteiger partial charge < -0.3 is 10.6 Å². The monoisotopic (exact) mass is 333 g/mol. The number of aromatic nitrogens is 4. The first kappa shape index (κ1) is 16.1. The molecule has 3 aromatic rings.